The lowest BCUT2D eigenvalue weighted by Crippen LogP contribution is -2.48. The third kappa shape index (κ3) is 3.95. The molecule has 0 aromatic rings. The van der Waals surface area contributed by atoms with Crippen LogP contribution in [-0.4, -0.2) is 55.6 Å². The highest BCUT2D eigenvalue weighted by atomic mass is 16.5. The summed E-state index contributed by atoms with van der Waals surface area (Å²) in [5.41, 5.74) is 6.00. The van der Waals surface area contributed by atoms with Crippen LogP contribution < -0.4 is 11.1 Å². The van der Waals surface area contributed by atoms with Crippen molar-refractivity contribution in [2.45, 2.75) is 39.2 Å². The van der Waals surface area contributed by atoms with Crippen LogP contribution in [0.3, 0.4) is 0 Å². The number of hydrogen-bond acceptors (Lipinski definition) is 4. The van der Waals surface area contributed by atoms with Crippen LogP contribution in [0.5, 0.6) is 0 Å². The van der Waals surface area contributed by atoms with E-state index in [1.54, 1.807) is 0 Å². The van der Waals surface area contributed by atoms with Gasteiger partial charge in [-0.05, 0) is 30.6 Å². The molecule has 3 N–H and O–H groups in total. The Balaban J connectivity index is 1.78. The molecule has 0 aromatic carbocycles. The Kier molecular flexibility index (Phi) is 5.22. The van der Waals surface area contributed by atoms with Crippen molar-refractivity contribution in [3.05, 3.63) is 0 Å². The minimum Gasteiger partial charge on any atom is -0.381 e. The second-order valence-corrected chi connectivity index (χ2v) is 6.67. The maximum Gasteiger partial charge on any atom is 0.241 e. The zero-order chi connectivity index (χ0) is 15.5. The number of nitrogens with two attached hydrogens (primary N) is 1. The molecule has 2 aliphatic heterocycles. The van der Waals surface area contributed by atoms with Crippen LogP contribution in [0.15, 0.2) is 0 Å². The Morgan fingerprint density at radius 3 is 2.57 bits per heavy atom. The van der Waals surface area contributed by atoms with Crippen molar-refractivity contribution in [2.75, 3.05) is 32.8 Å². The molecule has 1 spiro atoms. The van der Waals surface area contributed by atoms with Gasteiger partial charge in [-0.15, -0.1) is 0 Å². The topological polar surface area (TPSA) is 84.7 Å². The first kappa shape index (κ1) is 16.2. The van der Waals surface area contributed by atoms with Gasteiger partial charge < -0.3 is 20.7 Å². The number of likely N-dealkylation sites (tertiary alicyclic amines) is 1. The summed E-state index contributed by atoms with van der Waals surface area (Å²) in [4.78, 5) is 25.9. The third-order valence-electron chi connectivity index (χ3n) is 4.78. The van der Waals surface area contributed by atoms with Gasteiger partial charge in [0.2, 0.25) is 11.8 Å². The molecule has 120 valence electrons. The lowest BCUT2D eigenvalue weighted by atomic mass is 9.80. The number of ether oxygens (including phenoxy) is 1. The van der Waals surface area contributed by atoms with Gasteiger partial charge in [0, 0.05) is 26.3 Å². The lowest BCUT2D eigenvalue weighted by Gasteiger charge is -2.33. The summed E-state index contributed by atoms with van der Waals surface area (Å²) in [7, 11) is 0. The molecule has 2 fully saturated rings. The van der Waals surface area contributed by atoms with E-state index in [2.05, 4.69) is 5.32 Å². The molecule has 1 atom stereocenters. The molecular weight excluding hydrogens is 270 g/mol. The van der Waals surface area contributed by atoms with Gasteiger partial charge in [0.25, 0.3) is 0 Å². The maximum atomic E-state index is 12.2. The van der Waals surface area contributed by atoms with Crippen LogP contribution in [0.4, 0.5) is 0 Å². The standard InChI is InChI=1S/C15H27N3O3/c1-11(2)13(16)14(20)17-9-12(19)18-6-3-15(10-18)4-7-21-8-5-15/h11,13H,3-10,16H2,1-2H3,(H,17,20)/t13-/m0/s1. The van der Waals surface area contributed by atoms with E-state index in [1.807, 2.05) is 18.7 Å². The Morgan fingerprint density at radius 2 is 1.95 bits per heavy atom. The Labute approximate surface area is 126 Å². The van der Waals surface area contributed by atoms with Crippen molar-refractivity contribution in [2.24, 2.45) is 17.1 Å². The number of carbonyl (C=O) groups excluding carboxylic acids is 2. The van der Waals surface area contributed by atoms with E-state index in [9.17, 15) is 9.59 Å². The SMILES string of the molecule is CC(C)[C@H](N)C(=O)NCC(=O)N1CCC2(CCOCC2)C1. The van der Waals surface area contributed by atoms with Crippen molar-refractivity contribution < 1.29 is 14.3 Å². The molecule has 0 bridgehead atoms. The molecule has 6 heteroatoms. The Hall–Kier alpha value is -1.14. The first-order chi connectivity index (χ1) is 9.93. The van der Waals surface area contributed by atoms with Gasteiger partial charge in [-0.3, -0.25) is 9.59 Å². The minimum absolute atomic E-state index is 0.0114. The number of nitrogens with one attached hydrogen (secondary N) is 1. The lowest BCUT2D eigenvalue weighted by molar-refractivity contribution is -0.133. The van der Waals surface area contributed by atoms with Gasteiger partial charge in [0.1, 0.15) is 0 Å². The van der Waals surface area contributed by atoms with Gasteiger partial charge >= 0.3 is 0 Å². The van der Waals surface area contributed by atoms with E-state index in [1.165, 1.54) is 0 Å². The van der Waals surface area contributed by atoms with E-state index >= 15 is 0 Å². The predicted molar refractivity (Wildman–Crippen MR) is 79.5 cm³/mol. The van der Waals surface area contributed by atoms with Gasteiger partial charge in [-0.1, -0.05) is 13.8 Å². The molecule has 2 saturated heterocycles. The summed E-state index contributed by atoms with van der Waals surface area (Å²) in [6.07, 6.45) is 3.10. The molecule has 2 heterocycles. The van der Waals surface area contributed by atoms with Crippen LogP contribution in [0.25, 0.3) is 0 Å². The van der Waals surface area contributed by atoms with E-state index in [0.29, 0.717) is 0 Å². The number of hydrogen-bond donors (Lipinski definition) is 2. The van der Waals surface area contributed by atoms with Crippen LogP contribution in [0, 0.1) is 11.3 Å². The third-order valence-corrected chi connectivity index (χ3v) is 4.78. The summed E-state index contributed by atoms with van der Waals surface area (Å²) >= 11 is 0. The monoisotopic (exact) mass is 297 g/mol. The van der Waals surface area contributed by atoms with Crippen molar-refractivity contribution in [3.63, 3.8) is 0 Å². The number of rotatable bonds is 4. The highest BCUT2D eigenvalue weighted by Crippen LogP contribution is 2.39. The first-order valence-corrected chi connectivity index (χ1v) is 7.82. The Morgan fingerprint density at radius 1 is 1.29 bits per heavy atom. The van der Waals surface area contributed by atoms with Gasteiger partial charge in [-0.25, -0.2) is 0 Å². The number of nitrogens with zero attached hydrogens (tertiary/aromatic N) is 1. The summed E-state index contributed by atoms with van der Waals surface area (Å²) in [5, 5.41) is 2.65. The van der Waals surface area contributed by atoms with Gasteiger partial charge in [0.05, 0.1) is 12.6 Å². The zero-order valence-electron chi connectivity index (χ0n) is 13.1. The normalized spacial score (nSPS) is 22.6. The van der Waals surface area contributed by atoms with Crippen LogP contribution in [-0.2, 0) is 14.3 Å². The average Bonchev–Trinajstić information content (AvgIpc) is 2.88. The number of carbonyl (C=O) groups is 2. The molecule has 0 saturated carbocycles. The average molecular weight is 297 g/mol. The molecule has 0 unspecified atom stereocenters. The van der Waals surface area contributed by atoms with E-state index in [0.717, 1.165) is 45.6 Å². The first-order valence-electron chi connectivity index (χ1n) is 7.82. The minimum atomic E-state index is -0.557. The summed E-state index contributed by atoms with van der Waals surface area (Å²) < 4.78 is 5.41. The molecule has 2 aliphatic rings. The molecule has 0 aliphatic carbocycles. The van der Waals surface area contributed by atoms with Gasteiger partial charge in [-0.2, -0.15) is 0 Å². The van der Waals surface area contributed by atoms with Crippen molar-refractivity contribution in [1.29, 1.82) is 0 Å². The van der Waals surface area contributed by atoms with E-state index in [4.69, 9.17) is 10.5 Å². The van der Waals surface area contributed by atoms with Gasteiger partial charge in [0.15, 0.2) is 0 Å². The fourth-order valence-corrected chi connectivity index (χ4v) is 3.06. The van der Waals surface area contributed by atoms with Crippen molar-refractivity contribution in [3.8, 4) is 0 Å². The largest absolute Gasteiger partial charge is 0.381 e. The Bertz CT molecular complexity index is 392. The molecular formula is C15H27N3O3. The van der Waals surface area contributed by atoms with Crippen LogP contribution >= 0.6 is 0 Å². The summed E-state index contributed by atoms with van der Waals surface area (Å²) in [6, 6.07) is -0.557. The fraction of sp³-hybridized carbons (Fsp3) is 0.867. The zero-order valence-corrected chi connectivity index (χ0v) is 13.1. The molecule has 2 rings (SSSR count). The predicted octanol–water partition coefficient (Wildman–Crippen LogP) is 0.115. The van der Waals surface area contributed by atoms with Crippen LogP contribution in [0.1, 0.15) is 33.1 Å². The summed E-state index contributed by atoms with van der Waals surface area (Å²) in [6.45, 7) is 6.99. The fourth-order valence-electron chi connectivity index (χ4n) is 3.06. The molecule has 21 heavy (non-hydrogen) atoms. The highest BCUT2D eigenvalue weighted by molar-refractivity contribution is 5.87. The van der Waals surface area contributed by atoms with E-state index in [-0.39, 0.29) is 29.7 Å². The molecule has 2 amide bonds. The quantitative estimate of drug-likeness (QED) is 0.771. The van der Waals surface area contributed by atoms with Crippen molar-refractivity contribution >= 4 is 11.8 Å². The van der Waals surface area contributed by atoms with Crippen molar-refractivity contribution in [1.82, 2.24) is 10.2 Å². The second-order valence-electron chi connectivity index (χ2n) is 6.67. The van der Waals surface area contributed by atoms with Crippen LogP contribution in [0.2, 0.25) is 0 Å². The summed E-state index contributed by atoms with van der Waals surface area (Å²) in [5.74, 6) is -0.196. The smallest absolute Gasteiger partial charge is 0.241 e. The maximum absolute atomic E-state index is 12.2. The number of amides is 2. The van der Waals surface area contributed by atoms with E-state index < -0.39 is 6.04 Å². The molecule has 6 nitrogen and oxygen atoms in total. The molecule has 0 aromatic heterocycles. The second kappa shape index (κ2) is 6.75. The molecule has 0 radical (unpaired) electrons. The highest BCUT2D eigenvalue weighted by Gasteiger charge is 2.40.